The third-order valence-electron chi connectivity index (χ3n) is 2.69. The van der Waals surface area contributed by atoms with Gasteiger partial charge in [0.05, 0.1) is 18.8 Å². The zero-order valence-electron chi connectivity index (χ0n) is 12.7. The highest BCUT2D eigenvalue weighted by molar-refractivity contribution is 5.94. The van der Waals surface area contributed by atoms with Crippen LogP contribution in [0.1, 0.15) is 0 Å². The first-order valence-corrected chi connectivity index (χ1v) is 6.52. The van der Waals surface area contributed by atoms with E-state index in [1.54, 1.807) is 27.2 Å². The molecule has 0 atom stereocenters. The number of rotatable bonds is 7. The number of anilines is 1. The van der Waals surface area contributed by atoms with Crippen molar-refractivity contribution in [2.75, 3.05) is 39.5 Å². The Kier molecular flexibility index (Phi) is 6.71. The summed E-state index contributed by atoms with van der Waals surface area (Å²) in [5.41, 5.74) is 0.153. The number of amides is 2. The van der Waals surface area contributed by atoms with Crippen molar-refractivity contribution in [2.45, 2.75) is 6.61 Å². The lowest BCUT2D eigenvalue weighted by atomic mass is 10.3. The Bertz CT molecular complexity index is 524. The third kappa shape index (κ3) is 6.04. The molecule has 122 valence electrons. The molecule has 0 saturated carbocycles. The second-order valence-corrected chi connectivity index (χ2v) is 4.88. The predicted molar refractivity (Wildman–Crippen MR) is 77.9 cm³/mol. The van der Waals surface area contributed by atoms with E-state index in [1.807, 2.05) is 0 Å². The average Bonchev–Trinajstić information content (AvgIpc) is 2.39. The number of benzene rings is 1. The Morgan fingerprint density at radius 2 is 1.82 bits per heavy atom. The Morgan fingerprint density at radius 1 is 1.18 bits per heavy atom. The summed E-state index contributed by atoms with van der Waals surface area (Å²) >= 11 is 0. The molecule has 22 heavy (non-hydrogen) atoms. The topological polar surface area (TPSA) is 61.9 Å². The van der Waals surface area contributed by atoms with Gasteiger partial charge in [0.25, 0.3) is 0 Å². The van der Waals surface area contributed by atoms with Crippen molar-refractivity contribution in [2.24, 2.45) is 0 Å². The van der Waals surface area contributed by atoms with Gasteiger partial charge in [-0.25, -0.2) is 0 Å². The fourth-order valence-corrected chi connectivity index (χ4v) is 1.63. The molecule has 0 saturated heterocycles. The molecular formula is C14H19F2N3O3. The molecule has 0 radical (unpaired) electrons. The van der Waals surface area contributed by atoms with Gasteiger partial charge < -0.3 is 15.0 Å². The summed E-state index contributed by atoms with van der Waals surface area (Å²) in [6, 6.07) is 5.91. The molecule has 1 aromatic carbocycles. The number of nitrogens with zero attached hydrogens (tertiary/aromatic N) is 2. The zero-order valence-corrected chi connectivity index (χ0v) is 12.7. The maximum atomic E-state index is 12.3. The molecule has 1 aromatic rings. The molecule has 8 heteroatoms. The highest BCUT2D eigenvalue weighted by atomic mass is 19.3. The zero-order chi connectivity index (χ0) is 16.7. The van der Waals surface area contributed by atoms with Crippen LogP contribution in [0.4, 0.5) is 14.5 Å². The van der Waals surface area contributed by atoms with Crippen LogP contribution in [-0.2, 0) is 9.59 Å². The standard InChI is InChI=1S/C14H19F2N3O3/c1-18(2)13(21)9-19(3)8-12(20)17-10-6-4-5-7-11(10)22-14(15)16/h4-7,14H,8-9H2,1-3H3,(H,17,20). The van der Waals surface area contributed by atoms with Crippen LogP contribution < -0.4 is 10.1 Å². The lowest BCUT2D eigenvalue weighted by molar-refractivity contribution is -0.130. The van der Waals surface area contributed by atoms with E-state index in [-0.39, 0.29) is 30.4 Å². The first kappa shape index (κ1) is 17.8. The fourth-order valence-electron chi connectivity index (χ4n) is 1.63. The van der Waals surface area contributed by atoms with E-state index in [0.717, 1.165) is 0 Å². The van der Waals surface area contributed by atoms with Gasteiger partial charge in [-0.3, -0.25) is 14.5 Å². The summed E-state index contributed by atoms with van der Waals surface area (Å²) in [6.07, 6.45) is 0. The minimum absolute atomic E-state index is 0.0530. The summed E-state index contributed by atoms with van der Waals surface area (Å²) < 4.78 is 28.9. The van der Waals surface area contributed by atoms with Gasteiger partial charge >= 0.3 is 6.61 Å². The molecule has 0 spiro atoms. The Morgan fingerprint density at radius 3 is 2.41 bits per heavy atom. The number of hydrogen-bond donors (Lipinski definition) is 1. The number of hydrogen-bond acceptors (Lipinski definition) is 4. The molecule has 0 fully saturated rings. The van der Waals surface area contributed by atoms with Gasteiger partial charge in [-0.05, 0) is 19.2 Å². The van der Waals surface area contributed by atoms with Gasteiger partial charge in [0, 0.05) is 14.1 Å². The highest BCUT2D eigenvalue weighted by Crippen LogP contribution is 2.25. The number of likely N-dealkylation sites (N-methyl/N-ethyl adjacent to an activating group) is 2. The minimum Gasteiger partial charge on any atom is -0.433 e. The van der Waals surface area contributed by atoms with Gasteiger partial charge in [0.15, 0.2) is 0 Å². The molecule has 0 unspecified atom stereocenters. The van der Waals surface area contributed by atoms with Crippen LogP contribution in [0.25, 0.3) is 0 Å². The van der Waals surface area contributed by atoms with Crippen LogP contribution in [-0.4, -0.2) is 62.5 Å². The van der Waals surface area contributed by atoms with E-state index >= 15 is 0 Å². The summed E-state index contributed by atoms with van der Waals surface area (Å²) in [5, 5.41) is 2.49. The van der Waals surface area contributed by atoms with Crippen LogP contribution >= 0.6 is 0 Å². The summed E-state index contributed by atoms with van der Waals surface area (Å²) in [5.74, 6) is -0.686. The van der Waals surface area contributed by atoms with Crippen LogP contribution in [0, 0.1) is 0 Å². The van der Waals surface area contributed by atoms with Gasteiger partial charge in [-0.2, -0.15) is 8.78 Å². The molecule has 1 N–H and O–H groups in total. The van der Waals surface area contributed by atoms with Crippen molar-refractivity contribution in [3.05, 3.63) is 24.3 Å². The van der Waals surface area contributed by atoms with E-state index in [2.05, 4.69) is 10.1 Å². The molecule has 6 nitrogen and oxygen atoms in total. The van der Waals surface area contributed by atoms with Crippen LogP contribution in [0.15, 0.2) is 24.3 Å². The molecule has 0 heterocycles. The number of carbonyl (C=O) groups is 2. The largest absolute Gasteiger partial charge is 0.433 e. The molecule has 1 rings (SSSR count). The van der Waals surface area contributed by atoms with Crippen molar-refractivity contribution in [1.29, 1.82) is 0 Å². The Labute approximate surface area is 127 Å². The minimum atomic E-state index is -2.97. The molecule has 0 aliphatic carbocycles. The first-order chi connectivity index (χ1) is 10.3. The smallest absolute Gasteiger partial charge is 0.387 e. The second kappa shape index (κ2) is 8.28. The number of para-hydroxylation sites is 2. The molecule has 0 aromatic heterocycles. The Balaban J connectivity index is 2.60. The van der Waals surface area contributed by atoms with Crippen molar-refractivity contribution in [3.8, 4) is 5.75 Å². The van der Waals surface area contributed by atoms with Crippen molar-refractivity contribution < 1.29 is 23.1 Å². The SMILES string of the molecule is CN(CC(=O)Nc1ccccc1OC(F)F)CC(=O)N(C)C. The van der Waals surface area contributed by atoms with Crippen molar-refractivity contribution >= 4 is 17.5 Å². The normalized spacial score (nSPS) is 10.7. The van der Waals surface area contributed by atoms with Crippen molar-refractivity contribution in [3.63, 3.8) is 0 Å². The van der Waals surface area contributed by atoms with E-state index in [9.17, 15) is 18.4 Å². The van der Waals surface area contributed by atoms with E-state index in [0.29, 0.717) is 0 Å². The first-order valence-electron chi connectivity index (χ1n) is 6.52. The third-order valence-corrected chi connectivity index (χ3v) is 2.69. The lowest BCUT2D eigenvalue weighted by Crippen LogP contribution is -2.38. The fraction of sp³-hybridized carbons (Fsp3) is 0.429. The Hall–Kier alpha value is -2.22. The highest BCUT2D eigenvalue weighted by Gasteiger charge is 2.14. The number of nitrogens with one attached hydrogen (secondary N) is 1. The van der Waals surface area contributed by atoms with E-state index < -0.39 is 12.5 Å². The molecule has 0 bridgehead atoms. The molecular weight excluding hydrogens is 296 g/mol. The number of carbonyl (C=O) groups excluding carboxylic acids is 2. The lowest BCUT2D eigenvalue weighted by Gasteiger charge is -2.19. The van der Waals surface area contributed by atoms with Gasteiger partial charge in [-0.15, -0.1) is 0 Å². The molecule has 0 aliphatic rings. The summed E-state index contributed by atoms with van der Waals surface area (Å²) in [7, 11) is 4.85. The molecule has 2 amide bonds. The number of alkyl halides is 2. The maximum Gasteiger partial charge on any atom is 0.387 e. The summed E-state index contributed by atoms with van der Waals surface area (Å²) in [6.45, 7) is -2.95. The van der Waals surface area contributed by atoms with E-state index in [4.69, 9.17) is 0 Å². The quantitative estimate of drug-likeness (QED) is 0.822. The van der Waals surface area contributed by atoms with E-state index in [1.165, 1.54) is 28.0 Å². The van der Waals surface area contributed by atoms with Gasteiger partial charge in [0.2, 0.25) is 11.8 Å². The van der Waals surface area contributed by atoms with Gasteiger partial charge in [0.1, 0.15) is 5.75 Å². The molecule has 0 aliphatic heterocycles. The van der Waals surface area contributed by atoms with Gasteiger partial charge in [-0.1, -0.05) is 12.1 Å². The second-order valence-electron chi connectivity index (χ2n) is 4.88. The number of halogens is 2. The van der Waals surface area contributed by atoms with Crippen LogP contribution in [0.3, 0.4) is 0 Å². The average molecular weight is 315 g/mol. The van der Waals surface area contributed by atoms with Crippen LogP contribution in [0.5, 0.6) is 5.75 Å². The monoisotopic (exact) mass is 315 g/mol. The maximum absolute atomic E-state index is 12.3. The van der Waals surface area contributed by atoms with Crippen LogP contribution in [0.2, 0.25) is 0 Å². The van der Waals surface area contributed by atoms with Crippen molar-refractivity contribution in [1.82, 2.24) is 9.80 Å². The summed E-state index contributed by atoms with van der Waals surface area (Å²) in [4.78, 5) is 26.3. The predicted octanol–water partition coefficient (Wildman–Crippen LogP) is 1.25. The number of ether oxygens (including phenoxy) is 1.